The van der Waals surface area contributed by atoms with Gasteiger partial charge in [-0.1, -0.05) is 35.8 Å². The molecule has 0 bridgehead atoms. The van der Waals surface area contributed by atoms with Crippen molar-refractivity contribution in [3.05, 3.63) is 63.1 Å². The Morgan fingerprint density at radius 1 is 1.37 bits per heavy atom. The molecule has 158 valence electrons. The summed E-state index contributed by atoms with van der Waals surface area (Å²) in [5.41, 5.74) is 3.46. The number of fused-ring (bicyclic) bond motifs is 1. The van der Waals surface area contributed by atoms with Crippen LogP contribution in [0.1, 0.15) is 47.2 Å². The van der Waals surface area contributed by atoms with E-state index in [9.17, 15) is 9.18 Å². The molecule has 0 amide bonds. The van der Waals surface area contributed by atoms with Crippen molar-refractivity contribution < 1.29 is 18.7 Å². The van der Waals surface area contributed by atoms with Crippen molar-refractivity contribution in [1.82, 2.24) is 9.55 Å². The number of hydrogen-bond donors (Lipinski definition) is 0. The fourth-order valence-electron chi connectivity index (χ4n) is 4.06. The maximum Gasteiger partial charge on any atom is 0.337 e. The van der Waals surface area contributed by atoms with Gasteiger partial charge in [-0.05, 0) is 42.3 Å². The van der Waals surface area contributed by atoms with Crippen LogP contribution < -0.4 is 0 Å². The van der Waals surface area contributed by atoms with E-state index in [1.54, 1.807) is 12.1 Å². The summed E-state index contributed by atoms with van der Waals surface area (Å²) in [6, 6.07) is 8.68. The van der Waals surface area contributed by atoms with Crippen molar-refractivity contribution in [3.8, 4) is 0 Å². The summed E-state index contributed by atoms with van der Waals surface area (Å²) in [7, 11) is 1.36. The first-order valence-corrected chi connectivity index (χ1v) is 10.6. The molecule has 1 aromatic heterocycles. The molecular formula is C23H24BrFN2O3. The van der Waals surface area contributed by atoms with Crippen molar-refractivity contribution in [2.75, 3.05) is 20.3 Å². The summed E-state index contributed by atoms with van der Waals surface area (Å²) in [5, 5.41) is 0. The molecule has 1 saturated heterocycles. The monoisotopic (exact) mass is 474 g/mol. The summed E-state index contributed by atoms with van der Waals surface area (Å²) < 4.78 is 28.2. The zero-order chi connectivity index (χ0) is 21.6. The maximum atomic E-state index is 14.7. The molecule has 7 heteroatoms. The van der Waals surface area contributed by atoms with Crippen molar-refractivity contribution in [2.45, 2.75) is 33.2 Å². The summed E-state index contributed by atoms with van der Waals surface area (Å²) in [6.45, 7) is 7.39. The fourth-order valence-corrected chi connectivity index (χ4v) is 4.38. The van der Waals surface area contributed by atoms with Crippen LogP contribution in [0.3, 0.4) is 0 Å². The van der Waals surface area contributed by atoms with E-state index in [1.807, 2.05) is 19.1 Å². The smallest absolute Gasteiger partial charge is 0.337 e. The van der Waals surface area contributed by atoms with Gasteiger partial charge < -0.3 is 14.0 Å². The van der Waals surface area contributed by atoms with E-state index in [4.69, 9.17) is 14.5 Å². The maximum absolute atomic E-state index is 14.7. The van der Waals surface area contributed by atoms with Gasteiger partial charge in [0, 0.05) is 16.3 Å². The van der Waals surface area contributed by atoms with Gasteiger partial charge in [0.05, 0.1) is 43.0 Å². The second-order valence-electron chi connectivity index (χ2n) is 8.48. The number of methoxy groups -OCH3 is 1. The van der Waals surface area contributed by atoms with Crippen LogP contribution in [0.25, 0.3) is 11.0 Å². The van der Waals surface area contributed by atoms with Crippen molar-refractivity contribution in [1.29, 1.82) is 0 Å². The molecule has 1 fully saturated rings. The number of nitrogens with zero attached hydrogens (tertiary/aromatic N) is 2. The number of aromatic nitrogens is 2. The minimum atomic E-state index is -0.400. The Morgan fingerprint density at radius 3 is 2.80 bits per heavy atom. The first kappa shape index (κ1) is 21.0. The largest absolute Gasteiger partial charge is 0.465 e. The highest BCUT2D eigenvalue weighted by Crippen LogP contribution is 2.40. The summed E-state index contributed by atoms with van der Waals surface area (Å²) in [5.74, 6) is 0.0715. The van der Waals surface area contributed by atoms with Crippen molar-refractivity contribution in [3.63, 3.8) is 0 Å². The molecule has 0 saturated carbocycles. The third-order valence-electron chi connectivity index (χ3n) is 5.82. The number of ether oxygens (including phenoxy) is 2. The number of esters is 1. The highest BCUT2D eigenvalue weighted by atomic mass is 79.9. The highest BCUT2D eigenvalue weighted by molar-refractivity contribution is 9.10. The van der Waals surface area contributed by atoms with Gasteiger partial charge in [0.1, 0.15) is 11.6 Å². The van der Waals surface area contributed by atoms with Crippen LogP contribution >= 0.6 is 15.9 Å². The average molecular weight is 475 g/mol. The Morgan fingerprint density at radius 2 is 2.13 bits per heavy atom. The number of carbonyl (C=O) groups is 1. The Kier molecular flexibility index (Phi) is 5.45. The lowest BCUT2D eigenvalue weighted by molar-refractivity contribution is 0.0601. The Labute approximate surface area is 183 Å². The molecule has 0 aliphatic carbocycles. The van der Waals surface area contributed by atoms with Crippen LogP contribution in [-0.4, -0.2) is 35.8 Å². The van der Waals surface area contributed by atoms with Gasteiger partial charge in [-0.3, -0.25) is 0 Å². The molecule has 0 spiro atoms. The number of rotatable bonds is 4. The van der Waals surface area contributed by atoms with Crippen LogP contribution in [0, 0.1) is 18.2 Å². The van der Waals surface area contributed by atoms with Gasteiger partial charge in [-0.15, -0.1) is 0 Å². The molecule has 1 atom stereocenters. The van der Waals surface area contributed by atoms with Crippen LogP contribution in [0.2, 0.25) is 0 Å². The molecular weight excluding hydrogens is 451 g/mol. The third kappa shape index (κ3) is 3.65. The van der Waals surface area contributed by atoms with Gasteiger partial charge in [-0.25, -0.2) is 14.2 Å². The standard InChI is InChI=1S/C23H24BrFN2O3/c1-13-7-15(17(25)10-16(13)24)9-21-26-18-6-5-14(22(28)29-4)8-19(18)27(21)20-11-30-12-23(20,2)3/h5-8,10,20H,9,11-12H2,1-4H3. The first-order valence-electron chi connectivity index (χ1n) is 9.82. The van der Waals surface area contributed by atoms with E-state index < -0.39 is 5.97 Å². The van der Waals surface area contributed by atoms with Crippen molar-refractivity contribution >= 4 is 32.9 Å². The lowest BCUT2D eigenvalue weighted by atomic mass is 9.87. The van der Waals surface area contributed by atoms with E-state index in [0.717, 1.165) is 26.9 Å². The summed E-state index contributed by atoms with van der Waals surface area (Å²) in [6.07, 6.45) is 0.342. The van der Waals surface area contributed by atoms with Crippen LogP contribution in [0.4, 0.5) is 4.39 Å². The first-order chi connectivity index (χ1) is 14.2. The normalized spacial score (nSPS) is 18.1. The molecule has 0 N–H and O–H groups in total. The van der Waals surface area contributed by atoms with Gasteiger partial charge in [0.2, 0.25) is 0 Å². The summed E-state index contributed by atoms with van der Waals surface area (Å²) in [4.78, 5) is 16.9. The molecule has 0 radical (unpaired) electrons. The minimum Gasteiger partial charge on any atom is -0.465 e. The number of benzene rings is 2. The second-order valence-corrected chi connectivity index (χ2v) is 9.34. The zero-order valence-corrected chi connectivity index (χ0v) is 19.0. The minimum absolute atomic E-state index is 0.0185. The number of carbonyl (C=O) groups excluding carboxylic acids is 1. The van der Waals surface area contributed by atoms with Crippen LogP contribution in [0.15, 0.2) is 34.8 Å². The van der Waals surface area contributed by atoms with E-state index in [-0.39, 0.29) is 17.3 Å². The number of imidazole rings is 1. The molecule has 4 rings (SSSR count). The van der Waals surface area contributed by atoms with E-state index in [2.05, 4.69) is 34.3 Å². The number of aryl methyl sites for hydroxylation is 1. The van der Waals surface area contributed by atoms with E-state index in [1.165, 1.54) is 13.2 Å². The van der Waals surface area contributed by atoms with Gasteiger partial charge in [0.15, 0.2) is 0 Å². The van der Waals surface area contributed by atoms with E-state index in [0.29, 0.717) is 30.8 Å². The molecule has 2 aromatic carbocycles. The van der Waals surface area contributed by atoms with Gasteiger partial charge >= 0.3 is 5.97 Å². The Hall–Kier alpha value is -2.25. The third-order valence-corrected chi connectivity index (χ3v) is 6.68. The van der Waals surface area contributed by atoms with Crippen LogP contribution in [0.5, 0.6) is 0 Å². The molecule has 3 aromatic rings. The van der Waals surface area contributed by atoms with E-state index >= 15 is 0 Å². The summed E-state index contributed by atoms with van der Waals surface area (Å²) >= 11 is 3.38. The molecule has 30 heavy (non-hydrogen) atoms. The fraction of sp³-hybridized carbons (Fsp3) is 0.391. The SMILES string of the molecule is COC(=O)c1ccc2nc(Cc3cc(C)c(Br)cc3F)n(C3COCC3(C)C)c2c1. The quantitative estimate of drug-likeness (QED) is 0.486. The molecule has 1 aliphatic rings. The highest BCUT2D eigenvalue weighted by Gasteiger charge is 2.39. The Balaban J connectivity index is 1.89. The van der Waals surface area contributed by atoms with Gasteiger partial charge in [-0.2, -0.15) is 0 Å². The predicted octanol–water partition coefficient (Wildman–Crippen LogP) is 5.22. The Bertz CT molecular complexity index is 1140. The average Bonchev–Trinajstić information content (AvgIpc) is 3.22. The number of hydrogen-bond acceptors (Lipinski definition) is 4. The van der Waals surface area contributed by atoms with Gasteiger partial charge in [0.25, 0.3) is 0 Å². The predicted molar refractivity (Wildman–Crippen MR) is 116 cm³/mol. The molecule has 1 unspecified atom stereocenters. The second kappa shape index (κ2) is 7.78. The molecule has 5 nitrogen and oxygen atoms in total. The molecule has 1 aliphatic heterocycles. The number of halogens is 2. The lowest BCUT2D eigenvalue weighted by Crippen LogP contribution is -2.27. The topological polar surface area (TPSA) is 53.3 Å². The van der Waals surface area contributed by atoms with Crippen molar-refractivity contribution in [2.24, 2.45) is 5.41 Å². The van der Waals surface area contributed by atoms with Crippen LogP contribution in [-0.2, 0) is 15.9 Å². The lowest BCUT2D eigenvalue weighted by Gasteiger charge is -2.28. The molecule has 2 heterocycles. The zero-order valence-electron chi connectivity index (χ0n) is 17.5.